The molecule has 4 aromatic heterocycles. The highest BCUT2D eigenvalue weighted by molar-refractivity contribution is 6.31. The molecule has 0 aliphatic carbocycles. The maximum Gasteiger partial charge on any atom is 0.254 e. The first-order chi connectivity index (χ1) is 20.2. The number of nitrogens with zero attached hydrogens (tertiary/aromatic N) is 7. The van der Waals surface area contributed by atoms with Gasteiger partial charge < -0.3 is 5.32 Å². The number of pyridine rings is 1. The second-order valence-electron chi connectivity index (χ2n) is 10.8. The Labute approximate surface area is 248 Å². The molecule has 0 unspecified atom stereocenters. The number of hydrogen-bond acceptors (Lipinski definition) is 6. The van der Waals surface area contributed by atoms with Crippen LogP contribution in [-0.4, -0.2) is 40.0 Å². The molecule has 0 saturated carbocycles. The van der Waals surface area contributed by atoms with Crippen molar-refractivity contribution in [2.24, 2.45) is 20.0 Å². The van der Waals surface area contributed by atoms with Gasteiger partial charge in [0.2, 0.25) is 5.91 Å². The summed E-state index contributed by atoms with van der Waals surface area (Å²) >= 11 is 6.40. The molecule has 6 rings (SSSR count). The van der Waals surface area contributed by atoms with E-state index in [0.29, 0.717) is 29.2 Å². The third-order valence-electron chi connectivity index (χ3n) is 7.89. The zero-order chi connectivity index (χ0) is 29.5. The van der Waals surface area contributed by atoms with Gasteiger partial charge in [0.1, 0.15) is 0 Å². The quantitative estimate of drug-likeness (QED) is 0.304. The van der Waals surface area contributed by atoms with Crippen LogP contribution in [-0.2, 0) is 18.9 Å². The van der Waals surface area contributed by atoms with Crippen molar-refractivity contribution < 1.29 is 4.79 Å². The van der Waals surface area contributed by atoms with Gasteiger partial charge in [0.25, 0.3) is 5.56 Å². The number of halogens is 1. The lowest BCUT2D eigenvalue weighted by Gasteiger charge is -2.22. The van der Waals surface area contributed by atoms with Crippen molar-refractivity contribution in [3.8, 4) is 33.6 Å². The van der Waals surface area contributed by atoms with Crippen LogP contribution in [0, 0.1) is 12.8 Å². The van der Waals surface area contributed by atoms with Crippen LogP contribution < -0.4 is 10.9 Å². The molecule has 5 aromatic rings. The van der Waals surface area contributed by atoms with E-state index in [1.165, 1.54) is 0 Å². The van der Waals surface area contributed by atoms with E-state index in [1.807, 2.05) is 64.5 Å². The summed E-state index contributed by atoms with van der Waals surface area (Å²) in [6.45, 7) is 3.86. The molecule has 2 atom stereocenters. The molecule has 2 bridgehead atoms. The fourth-order valence-corrected chi connectivity index (χ4v) is 5.87. The van der Waals surface area contributed by atoms with Gasteiger partial charge in [-0.25, -0.2) is 4.98 Å². The van der Waals surface area contributed by atoms with Crippen molar-refractivity contribution in [2.75, 3.05) is 5.32 Å². The first-order valence-corrected chi connectivity index (χ1v) is 14.3. The molecule has 5 heterocycles. The summed E-state index contributed by atoms with van der Waals surface area (Å²) in [5.74, 6) is -0.265. The van der Waals surface area contributed by atoms with Crippen LogP contribution in [0.5, 0.6) is 0 Å². The number of fused-ring (bicyclic) bond motifs is 4. The Morgan fingerprint density at radius 1 is 1.00 bits per heavy atom. The van der Waals surface area contributed by atoms with Gasteiger partial charge in [-0.05, 0) is 49.6 Å². The normalized spacial score (nSPS) is 17.2. The largest absolute Gasteiger partial charge is 0.323 e. The summed E-state index contributed by atoms with van der Waals surface area (Å²) in [6.07, 6.45) is 8.92. The molecule has 1 aliphatic rings. The lowest BCUT2D eigenvalue weighted by atomic mass is 9.96. The molecule has 214 valence electrons. The number of carbonyl (C=O) groups excluding carboxylic acids is 1. The monoisotopic (exact) mass is 582 g/mol. The van der Waals surface area contributed by atoms with Gasteiger partial charge in [-0.1, -0.05) is 31.0 Å². The van der Waals surface area contributed by atoms with Crippen molar-refractivity contribution in [2.45, 2.75) is 39.2 Å². The smallest absolute Gasteiger partial charge is 0.254 e. The SMILES string of the molecule is Cc1nn(C)cc1-c1ccc(Cl)cc1-c1cc(=O)n([C@H]2CCC[C@@H](C)C(=O)Nc3cnn(C)c3-c3ccnc2c3)cn1. The highest BCUT2D eigenvalue weighted by atomic mass is 35.5. The Bertz CT molecular complexity index is 1870. The Morgan fingerprint density at radius 2 is 1.83 bits per heavy atom. The van der Waals surface area contributed by atoms with Gasteiger partial charge >= 0.3 is 0 Å². The summed E-state index contributed by atoms with van der Waals surface area (Å²) in [4.78, 5) is 36.2. The van der Waals surface area contributed by atoms with Crippen molar-refractivity contribution in [1.82, 2.24) is 34.1 Å². The highest BCUT2D eigenvalue weighted by Gasteiger charge is 2.24. The Hall–Kier alpha value is -4.57. The molecule has 0 radical (unpaired) electrons. The van der Waals surface area contributed by atoms with Crippen LogP contribution in [0.15, 0.2) is 66.1 Å². The number of amides is 1. The zero-order valence-corrected chi connectivity index (χ0v) is 24.6. The molecule has 0 saturated heterocycles. The van der Waals surface area contributed by atoms with E-state index in [2.05, 4.69) is 20.5 Å². The minimum atomic E-state index is -0.371. The number of nitrogens with one attached hydrogen (secondary N) is 1. The van der Waals surface area contributed by atoms with Crippen LogP contribution in [0.1, 0.15) is 43.6 Å². The highest BCUT2D eigenvalue weighted by Crippen LogP contribution is 2.35. The molecule has 1 amide bonds. The van der Waals surface area contributed by atoms with E-state index in [9.17, 15) is 9.59 Å². The van der Waals surface area contributed by atoms with Crippen molar-refractivity contribution >= 4 is 23.2 Å². The van der Waals surface area contributed by atoms with Crippen LogP contribution in [0.25, 0.3) is 33.6 Å². The molecule has 1 aliphatic heterocycles. The van der Waals surface area contributed by atoms with Crippen LogP contribution >= 0.6 is 11.6 Å². The van der Waals surface area contributed by atoms with E-state index in [4.69, 9.17) is 16.6 Å². The van der Waals surface area contributed by atoms with Crippen LogP contribution in [0.4, 0.5) is 5.69 Å². The van der Waals surface area contributed by atoms with Gasteiger partial charge in [-0.2, -0.15) is 10.2 Å². The Morgan fingerprint density at radius 3 is 2.60 bits per heavy atom. The summed E-state index contributed by atoms with van der Waals surface area (Å²) < 4.78 is 5.13. The molecule has 1 aromatic carbocycles. The topological polar surface area (TPSA) is 113 Å². The maximum atomic E-state index is 13.8. The van der Waals surface area contributed by atoms with Crippen molar-refractivity contribution in [1.29, 1.82) is 0 Å². The fourth-order valence-electron chi connectivity index (χ4n) is 5.70. The standard InChI is InChI=1S/C31H31ClN8O2/c1-18-6-5-7-28(26-12-20(10-11-33-26)30-27(36-31(18)42)15-35-39(30)4)40-17-34-25(14-29(40)41)23-13-21(32)8-9-22(23)24-16-38(3)37-19(24)2/h8-18,28H,5-7H2,1-4H3,(H,36,42)/t18-,28+/m1/s1. The summed E-state index contributed by atoms with van der Waals surface area (Å²) in [6, 6.07) is 10.6. The second kappa shape index (κ2) is 11.0. The lowest BCUT2D eigenvalue weighted by molar-refractivity contribution is -0.119. The van der Waals surface area contributed by atoms with Crippen LogP contribution in [0.2, 0.25) is 5.02 Å². The van der Waals surface area contributed by atoms with Gasteiger partial charge in [0.15, 0.2) is 0 Å². The zero-order valence-electron chi connectivity index (χ0n) is 23.9. The molecular weight excluding hydrogens is 552 g/mol. The maximum absolute atomic E-state index is 13.8. The third-order valence-corrected chi connectivity index (χ3v) is 8.12. The third kappa shape index (κ3) is 5.14. The average molecular weight is 583 g/mol. The van der Waals surface area contributed by atoms with E-state index in [0.717, 1.165) is 45.8 Å². The second-order valence-corrected chi connectivity index (χ2v) is 11.3. The Balaban J connectivity index is 1.44. The molecule has 0 spiro atoms. The van der Waals surface area contributed by atoms with Gasteiger partial charge in [-0.3, -0.25) is 28.5 Å². The predicted molar refractivity (Wildman–Crippen MR) is 162 cm³/mol. The van der Waals surface area contributed by atoms with E-state index in [1.54, 1.807) is 38.7 Å². The molecule has 0 fully saturated rings. The summed E-state index contributed by atoms with van der Waals surface area (Å²) in [5, 5.41) is 12.4. The first-order valence-electron chi connectivity index (χ1n) is 13.9. The number of aromatic nitrogens is 7. The lowest BCUT2D eigenvalue weighted by Crippen LogP contribution is -2.27. The van der Waals surface area contributed by atoms with Crippen LogP contribution in [0.3, 0.4) is 0 Å². The number of rotatable bonds is 3. The average Bonchev–Trinajstić information content (AvgIpc) is 3.50. The van der Waals surface area contributed by atoms with Gasteiger partial charge in [0.05, 0.1) is 47.0 Å². The van der Waals surface area contributed by atoms with Crippen molar-refractivity contribution in [3.05, 3.63) is 88.1 Å². The van der Waals surface area contributed by atoms with E-state index >= 15 is 0 Å². The van der Waals surface area contributed by atoms with E-state index < -0.39 is 0 Å². The minimum absolute atomic E-state index is 0.0555. The number of benzene rings is 1. The molecule has 10 nitrogen and oxygen atoms in total. The predicted octanol–water partition coefficient (Wildman–Crippen LogP) is 5.42. The summed E-state index contributed by atoms with van der Waals surface area (Å²) in [7, 11) is 3.71. The fraction of sp³-hybridized carbons (Fsp3) is 0.290. The van der Waals surface area contributed by atoms with Crippen molar-refractivity contribution in [3.63, 3.8) is 0 Å². The van der Waals surface area contributed by atoms with Gasteiger partial charge in [-0.15, -0.1) is 0 Å². The molecule has 1 N–H and O–H groups in total. The first kappa shape index (κ1) is 27.6. The number of carbonyl (C=O) groups is 1. The van der Waals surface area contributed by atoms with Gasteiger partial charge in [0, 0.05) is 60.2 Å². The molecule has 42 heavy (non-hydrogen) atoms. The number of anilines is 1. The number of aryl methyl sites for hydroxylation is 3. The number of hydrogen-bond donors (Lipinski definition) is 1. The van der Waals surface area contributed by atoms with E-state index in [-0.39, 0.29) is 23.4 Å². The molecule has 11 heteroatoms. The Kier molecular flexibility index (Phi) is 7.24. The molecular formula is C31H31ClN8O2. The minimum Gasteiger partial charge on any atom is -0.323 e. The summed E-state index contributed by atoms with van der Waals surface area (Å²) in [5.41, 5.74) is 6.80.